The number of likely N-dealkylation sites (tertiary alicyclic amines) is 1. The number of benzene rings is 3. The molecule has 1 fully saturated rings. The second kappa shape index (κ2) is 19.0. The Bertz CT molecular complexity index is 2320. The van der Waals surface area contributed by atoms with Crippen molar-refractivity contribution in [2.45, 2.75) is 25.3 Å². The van der Waals surface area contributed by atoms with Gasteiger partial charge in [-0.1, -0.05) is 23.7 Å². The number of aromatic carboxylic acids is 1. The van der Waals surface area contributed by atoms with Crippen LogP contribution in [0.5, 0.6) is 0 Å². The van der Waals surface area contributed by atoms with Crippen molar-refractivity contribution in [1.82, 2.24) is 40.3 Å². The van der Waals surface area contributed by atoms with E-state index in [-0.39, 0.29) is 67.0 Å². The molecule has 0 spiro atoms. The van der Waals surface area contributed by atoms with Crippen LogP contribution in [0.25, 0.3) is 16.6 Å². The van der Waals surface area contributed by atoms with Crippen molar-refractivity contribution in [3.05, 3.63) is 89.3 Å². The summed E-state index contributed by atoms with van der Waals surface area (Å²) in [6.07, 6.45) is 2.04. The van der Waals surface area contributed by atoms with E-state index < -0.39 is 29.7 Å². The molecule has 2 aromatic heterocycles. The molecule has 1 saturated heterocycles. The maximum atomic E-state index is 13.8. The first kappa shape index (κ1) is 41.7. The molecule has 308 valence electrons. The summed E-state index contributed by atoms with van der Waals surface area (Å²) in [4.78, 5) is 83.6. The number of carboxylic acids is 1. The Balaban J connectivity index is 1.13. The first-order valence-corrected chi connectivity index (χ1v) is 18.8. The van der Waals surface area contributed by atoms with Gasteiger partial charge in [-0.25, -0.2) is 9.59 Å². The van der Waals surface area contributed by atoms with Gasteiger partial charge in [0.25, 0.3) is 0 Å². The molecule has 8 N–H and O–H groups in total. The summed E-state index contributed by atoms with van der Waals surface area (Å²) in [6, 6.07) is 15.4. The summed E-state index contributed by atoms with van der Waals surface area (Å²) in [6.45, 7) is 0.462. The van der Waals surface area contributed by atoms with E-state index in [9.17, 15) is 44.1 Å². The Morgan fingerprint density at radius 3 is 2.24 bits per heavy atom. The van der Waals surface area contributed by atoms with E-state index in [0.717, 1.165) is 0 Å². The Morgan fingerprint density at radius 1 is 0.864 bits per heavy atom. The van der Waals surface area contributed by atoms with Gasteiger partial charge >= 0.3 is 23.8 Å². The molecule has 0 saturated carbocycles. The summed E-state index contributed by atoms with van der Waals surface area (Å²) in [5, 5.41) is 50.2. The average Bonchev–Trinajstić information content (AvgIpc) is 3.92. The Kier molecular flexibility index (Phi) is 13.5. The maximum absolute atomic E-state index is 13.8. The van der Waals surface area contributed by atoms with Crippen LogP contribution < -0.4 is 21.3 Å². The van der Waals surface area contributed by atoms with Crippen LogP contribution in [0.3, 0.4) is 0 Å². The number of hydrogen-bond acceptors (Lipinski definition) is 11. The van der Waals surface area contributed by atoms with Crippen LogP contribution in [0.2, 0.25) is 5.02 Å². The number of aromatic nitrogens is 5. The van der Waals surface area contributed by atoms with Gasteiger partial charge in [-0.15, -0.1) is 5.10 Å². The zero-order chi connectivity index (χ0) is 42.1. The summed E-state index contributed by atoms with van der Waals surface area (Å²) in [5.41, 5.74) is 2.21. The number of aromatic amines is 1. The smallest absolute Gasteiger partial charge is 0.352 e. The van der Waals surface area contributed by atoms with Crippen LogP contribution in [-0.4, -0.2) is 131 Å². The number of carbonyl (C=O) groups excluding carboxylic acids is 5. The minimum Gasteiger partial charge on any atom is -0.477 e. The van der Waals surface area contributed by atoms with Crippen LogP contribution >= 0.6 is 11.6 Å². The average molecular weight is 830 g/mol. The van der Waals surface area contributed by atoms with E-state index in [1.165, 1.54) is 34.1 Å². The molecule has 0 radical (unpaired) electrons. The summed E-state index contributed by atoms with van der Waals surface area (Å²) in [5.74, 6) is -4.61. The van der Waals surface area contributed by atoms with Crippen molar-refractivity contribution in [3.8, 4) is 5.69 Å². The van der Waals surface area contributed by atoms with Crippen molar-refractivity contribution in [3.63, 3.8) is 0 Å². The van der Waals surface area contributed by atoms with Crippen molar-refractivity contribution in [2.24, 2.45) is 5.92 Å². The monoisotopic (exact) mass is 829 g/mol. The van der Waals surface area contributed by atoms with Gasteiger partial charge in [-0.2, -0.15) is 4.68 Å². The molecule has 6 amide bonds. The zero-order valence-corrected chi connectivity index (χ0v) is 32.1. The number of aliphatic hydroxyl groups excluding tert-OH is 2. The molecule has 1 aliphatic rings. The van der Waals surface area contributed by atoms with Gasteiger partial charge in [-0.3, -0.25) is 19.2 Å². The van der Waals surface area contributed by atoms with Gasteiger partial charge in [0.2, 0.25) is 11.8 Å². The fraction of sp³-hybridized carbons (Fsp3) is 0.289. The number of anilines is 3. The lowest BCUT2D eigenvalue weighted by Crippen LogP contribution is -2.49. The predicted octanol–water partition coefficient (Wildman–Crippen LogP) is 1.86. The third kappa shape index (κ3) is 10.5. The SMILES string of the molecule is O=C(Nc1cc(Cl)ccc1-n1cnnn1)C(=O)N[C@@H](Cc1ccc(NC(=O)N2CCC(C(=O)N(CCO)CCO)CC2)cc1)C(=O)Nc1ccc2[nH]c(C(=O)O)cc2c1. The molecule has 21 heteroatoms. The topological polar surface area (TPSA) is 277 Å². The number of H-pyrrole nitrogens is 1. The first-order valence-electron chi connectivity index (χ1n) is 18.4. The molecular weight excluding hydrogens is 790 g/mol. The van der Waals surface area contributed by atoms with E-state index in [4.69, 9.17) is 11.6 Å². The molecule has 0 bridgehead atoms. The minimum atomic E-state index is -1.31. The Labute approximate surface area is 340 Å². The molecular formula is C38H40ClN11O9. The number of nitrogens with one attached hydrogen (secondary N) is 5. The number of aliphatic hydroxyl groups is 2. The van der Waals surface area contributed by atoms with E-state index in [2.05, 4.69) is 41.8 Å². The molecule has 3 aromatic carbocycles. The van der Waals surface area contributed by atoms with Crippen LogP contribution in [0, 0.1) is 5.92 Å². The predicted molar refractivity (Wildman–Crippen MR) is 213 cm³/mol. The molecule has 5 aromatic rings. The lowest BCUT2D eigenvalue weighted by molar-refractivity contribution is -0.138. The Morgan fingerprint density at radius 2 is 1.58 bits per heavy atom. The maximum Gasteiger partial charge on any atom is 0.352 e. The number of piperidine rings is 1. The third-order valence-electron chi connectivity index (χ3n) is 9.58. The number of nitrogens with zero attached hydrogens (tertiary/aromatic N) is 6. The minimum absolute atomic E-state index is 0.0417. The van der Waals surface area contributed by atoms with Crippen molar-refractivity contribution in [2.75, 3.05) is 55.3 Å². The van der Waals surface area contributed by atoms with Crippen molar-refractivity contribution in [1.29, 1.82) is 0 Å². The number of rotatable bonds is 14. The zero-order valence-electron chi connectivity index (χ0n) is 31.3. The molecule has 0 unspecified atom stereocenters. The Hall–Kier alpha value is -6.90. The number of urea groups is 1. The van der Waals surface area contributed by atoms with Crippen LogP contribution in [-0.2, 0) is 25.6 Å². The molecule has 3 heterocycles. The molecule has 1 atom stereocenters. The number of carbonyl (C=O) groups is 6. The second-order valence-corrected chi connectivity index (χ2v) is 14.0. The molecule has 20 nitrogen and oxygen atoms in total. The number of fused-ring (bicyclic) bond motifs is 1. The standard InChI is InChI=1S/C38H40ClN11O9/c39-25-3-8-32(50-21-40-46-47-50)29(20-25)44-34(54)35(55)45-30(33(53)41-27-6-7-28-24(18-27)19-31(43-28)37(57)58)17-22-1-4-26(5-2-22)42-38(59)49-11-9-23(10-12-49)36(56)48(13-15-51)14-16-52/h1-8,18-21,23,30,43,51-52H,9-17H2,(H,41,53)(H,42,59)(H,44,54)(H,45,55)(H,57,58)/t30-/m0/s1. The third-order valence-corrected chi connectivity index (χ3v) is 9.81. The van der Waals surface area contributed by atoms with Gasteiger partial charge in [0.05, 0.1) is 24.6 Å². The van der Waals surface area contributed by atoms with Crippen molar-refractivity contribution < 1.29 is 44.1 Å². The number of carboxylic acid groups (broad SMARTS) is 1. The van der Waals surface area contributed by atoms with Gasteiger partial charge in [0, 0.05) is 65.8 Å². The highest BCUT2D eigenvalue weighted by atomic mass is 35.5. The summed E-state index contributed by atoms with van der Waals surface area (Å²) < 4.78 is 1.26. The molecule has 6 rings (SSSR count). The van der Waals surface area contributed by atoms with Crippen LogP contribution in [0.15, 0.2) is 73.1 Å². The molecule has 0 aliphatic carbocycles. The van der Waals surface area contributed by atoms with Crippen LogP contribution in [0.4, 0.5) is 21.9 Å². The fourth-order valence-electron chi connectivity index (χ4n) is 6.57. The van der Waals surface area contributed by atoms with E-state index in [1.54, 1.807) is 53.4 Å². The molecule has 59 heavy (non-hydrogen) atoms. The first-order chi connectivity index (χ1) is 28.4. The normalized spacial score (nSPS) is 13.4. The largest absolute Gasteiger partial charge is 0.477 e. The number of amides is 6. The quantitative estimate of drug-likeness (QED) is 0.0745. The number of hydrogen-bond donors (Lipinski definition) is 8. The lowest BCUT2D eigenvalue weighted by Gasteiger charge is -2.34. The van der Waals surface area contributed by atoms with E-state index in [0.29, 0.717) is 59.5 Å². The van der Waals surface area contributed by atoms with E-state index >= 15 is 0 Å². The van der Waals surface area contributed by atoms with Gasteiger partial charge in [0.1, 0.15) is 18.1 Å². The summed E-state index contributed by atoms with van der Waals surface area (Å²) >= 11 is 6.16. The lowest BCUT2D eigenvalue weighted by atomic mass is 9.95. The number of halogens is 1. The molecule has 1 aliphatic heterocycles. The highest BCUT2D eigenvalue weighted by molar-refractivity contribution is 6.40. The van der Waals surface area contributed by atoms with Gasteiger partial charge in [-0.05, 0) is 83.4 Å². The van der Waals surface area contributed by atoms with Gasteiger partial charge < -0.3 is 51.4 Å². The second-order valence-electron chi connectivity index (χ2n) is 13.5. The highest BCUT2D eigenvalue weighted by Gasteiger charge is 2.30. The van der Waals surface area contributed by atoms with Gasteiger partial charge in [0.15, 0.2) is 0 Å². The fourth-order valence-corrected chi connectivity index (χ4v) is 6.74. The summed E-state index contributed by atoms with van der Waals surface area (Å²) in [7, 11) is 0. The highest BCUT2D eigenvalue weighted by Crippen LogP contribution is 2.25. The van der Waals surface area contributed by atoms with Crippen LogP contribution in [0.1, 0.15) is 28.9 Å². The van der Waals surface area contributed by atoms with E-state index in [1.807, 2.05) is 0 Å². The van der Waals surface area contributed by atoms with Crippen molar-refractivity contribution >= 4 is 75.2 Å². The number of tetrazole rings is 1.